The van der Waals surface area contributed by atoms with Crippen molar-refractivity contribution in [2.75, 3.05) is 39.3 Å². The highest BCUT2D eigenvalue weighted by atomic mass is 32.2. The second-order valence-corrected chi connectivity index (χ2v) is 8.17. The standard InChI is InChI=1S/C13H25N3O2S/c1-13(2,3)12-4-8-15(9-5-12)19(17,18)16-10-6-14-7-11-16/h4,14H,5-11H2,1-3H3. The Balaban J connectivity index is 2.06. The van der Waals surface area contributed by atoms with Gasteiger partial charge in [-0.15, -0.1) is 0 Å². The molecule has 0 atom stereocenters. The fraction of sp³-hybridized carbons (Fsp3) is 0.846. The Kier molecular flexibility index (Phi) is 4.35. The largest absolute Gasteiger partial charge is 0.314 e. The molecule has 0 unspecified atom stereocenters. The Morgan fingerprint density at radius 1 is 1.11 bits per heavy atom. The van der Waals surface area contributed by atoms with Gasteiger partial charge < -0.3 is 5.32 Å². The van der Waals surface area contributed by atoms with Gasteiger partial charge in [-0.25, -0.2) is 0 Å². The highest BCUT2D eigenvalue weighted by molar-refractivity contribution is 7.86. The summed E-state index contributed by atoms with van der Waals surface area (Å²) in [5.74, 6) is 0. The van der Waals surface area contributed by atoms with Crippen LogP contribution in [0.3, 0.4) is 0 Å². The topological polar surface area (TPSA) is 52.7 Å². The average molecular weight is 287 g/mol. The molecule has 0 bridgehead atoms. The zero-order chi connectivity index (χ0) is 14.1. The van der Waals surface area contributed by atoms with E-state index in [-0.39, 0.29) is 5.41 Å². The summed E-state index contributed by atoms with van der Waals surface area (Å²) in [6, 6.07) is 0. The van der Waals surface area contributed by atoms with Crippen LogP contribution in [-0.2, 0) is 10.2 Å². The summed E-state index contributed by atoms with van der Waals surface area (Å²) in [5, 5.41) is 3.18. The van der Waals surface area contributed by atoms with Crippen LogP contribution in [-0.4, -0.2) is 56.3 Å². The number of piperazine rings is 1. The lowest BCUT2D eigenvalue weighted by Crippen LogP contribution is -2.52. The van der Waals surface area contributed by atoms with Crippen LogP contribution >= 0.6 is 0 Å². The first kappa shape index (κ1) is 15.0. The second-order valence-electron chi connectivity index (χ2n) is 6.24. The molecule has 0 aliphatic carbocycles. The van der Waals surface area contributed by atoms with Gasteiger partial charge in [0.15, 0.2) is 0 Å². The quantitative estimate of drug-likeness (QED) is 0.765. The summed E-state index contributed by atoms with van der Waals surface area (Å²) in [7, 11) is -3.27. The summed E-state index contributed by atoms with van der Waals surface area (Å²) in [6.45, 7) is 10.3. The molecule has 2 rings (SSSR count). The SMILES string of the molecule is CC(C)(C)C1=CCN(S(=O)(=O)N2CCNCC2)CC1. The van der Waals surface area contributed by atoms with Crippen molar-refractivity contribution in [2.24, 2.45) is 5.41 Å². The van der Waals surface area contributed by atoms with E-state index in [2.05, 4.69) is 32.2 Å². The molecule has 2 heterocycles. The minimum atomic E-state index is -3.27. The molecule has 19 heavy (non-hydrogen) atoms. The Labute approximate surface area is 116 Å². The maximum Gasteiger partial charge on any atom is 0.282 e. The van der Waals surface area contributed by atoms with E-state index in [1.54, 1.807) is 8.61 Å². The predicted molar refractivity (Wildman–Crippen MR) is 77.1 cm³/mol. The van der Waals surface area contributed by atoms with Crippen molar-refractivity contribution in [2.45, 2.75) is 27.2 Å². The van der Waals surface area contributed by atoms with Crippen LogP contribution in [0.1, 0.15) is 27.2 Å². The molecule has 0 saturated carbocycles. The summed E-state index contributed by atoms with van der Waals surface area (Å²) in [4.78, 5) is 0. The van der Waals surface area contributed by atoms with Gasteiger partial charge in [0.1, 0.15) is 0 Å². The fourth-order valence-electron chi connectivity index (χ4n) is 2.58. The van der Waals surface area contributed by atoms with Crippen molar-refractivity contribution in [1.82, 2.24) is 13.9 Å². The Morgan fingerprint density at radius 3 is 2.21 bits per heavy atom. The Hall–Kier alpha value is -0.430. The van der Waals surface area contributed by atoms with E-state index in [0.29, 0.717) is 26.2 Å². The lowest BCUT2D eigenvalue weighted by atomic mass is 9.83. The van der Waals surface area contributed by atoms with E-state index < -0.39 is 10.2 Å². The highest BCUT2D eigenvalue weighted by Gasteiger charge is 2.32. The second kappa shape index (κ2) is 5.52. The van der Waals surface area contributed by atoms with Crippen LogP contribution in [0.4, 0.5) is 0 Å². The van der Waals surface area contributed by atoms with Crippen molar-refractivity contribution in [3.8, 4) is 0 Å². The monoisotopic (exact) mass is 287 g/mol. The number of hydrogen-bond acceptors (Lipinski definition) is 3. The molecule has 110 valence electrons. The lowest BCUT2D eigenvalue weighted by Gasteiger charge is -2.35. The maximum atomic E-state index is 12.5. The van der Waals surface area contributed by atoms with Crippen molar-refractivity contribution in [1.29, 1.82) is 0 Å². The van der Waals surface area contributed by atoms with Gasteiger partial charge in [0.05, 0.1) is 0 Å². The smallest absolute Gasteiger partial charge is 0.282 e. The number of nitrogens with zero attached hydrogens (tertiary/aromatic N) is 2. The third-order valence-corrected chi connectivity index (χ3v) is 5.87. The first-order valence-electron chi connectivity index (χ1n) is 6.97. The van der Waals surface area contributed by atoms with Crippen molar-refractivity contribution in [3.05, 3.63) is 11.6 Å². The third-order valence-electron chi connectivity index (χ3n) is 3.86. The molecule has 0 aromatic heterocycles. The molecule has 0 spiro atoms. The molecular formula is C13H25N3O2S. The van der Waals surface area contributed by atoms with E-state index in [1.165, 1.54) is 5.57 Å². The highest BCUT2D eigenvalue weighted by Crippen LogP contribution is 2.31. The van der Waals surface area contributed by atoms with Crippen LogP contribution in [0, 0.1) is 5.41 Å². The van der Waals surface area contributed by atoms with Gasteiger partial charge in [-0.2, -0.15) is 17.0 Å². The number of rotatable bonds is 2. The summed E-state index contributed by atoms with van der Waals surface area (Å²) in [6.07, 6.45) is 2.93. The molecule has 0 aromatic rings. The van der Waals surface area contributed by atoms with E-state index >= 15 is 0 Å². The van der Waals surface area contributed by atoms with Crippen LogP contribution in [0.15, 0.2) is 11.6 Å². The van der Waals surface area contributed by atoms with Gasteiger partial charge in [-0.05, 0) is 11.8 Å². The number of hydrogen-bond donors (Lipinski definition) is 1. The maximum absolute atomic E-state index is 12.5. The van der Waals surface area contributed by atoms with Gasteiger partial charge in [0.25, 0.3) is 10.2 Å². The molecule has 0 amide bonds. The lowest BCUT2D eigenvalue weighted by molar-refractivity contribution is 0.310. The van der Waals surface area contributed by atoms with E-state index in [1.807, 2.05) is 0 Å². The molecule has 6 heteroatoms. The first-order valence-corrected chi connectivity index (χ1v) is 8.37. The molecule has 5 nitrogen and oxygen atoms in total. The molecule has 2 aliphatic heterocycles. The number of nitrogens with one attached hydrogen (secondary N) is 1. The molecule has 1 saturated heterocycles. The fourth-order valence-corrected chi connectivity index (χ4v) is 4.14. The molecule has 2 aliphatic rings. The van der Waals surface area contributed by atoms with Crippen molar-refractivity contribution >= 4 is 10.2 Å². The molecule has 1 fully saturated rings. The van der Waals surface area contributed by atoms with Crippen molar-refractivity contribution in [3.63, 3.8) is 0 Å². The van der Waals surface area contributed by atoms with Crippen molar-refractivity contribution < 1.29 is 8.42 Å². The van der Waals surface area contributed by atoms with Crippen LogP contribution in [0.25, 0.3) is 0 Å². The van der Waals surface area contributed by atoms with Gasteiger partial charge >= 0.3 is 0 Å². The normalized spacial score (nSPS) is 24.3. The summed E-state index contributed by atoms with van der Waals surface area (Å²) >= 11 is 0. The molecular weight excluding hydrogens is 262 g/mol. The average Bonchev–Trinajstić information content (AvgIpc) is 2.39. The van der Waals surface area contributed by atoms with Crippen LogP contribution in [0.2, 0.25) is 0 Å². The van der Waals surface area contributed by atoms with Gasteiger partial charge in [-0.3, -0.25) is 0 Å². The zero-order valence-electron chi connectivity index (χ0n) is 12.1. The van der Waals surface area contributed by atoms with E-state index in [0.717, 1.165) is 19.5 Å². The van der Waals surface area contributed by atoms with Crippen LogP contribution < -0.4 is 5.32 Å². The van der Waals surface area contributed by atoms with E-state index in [4.69, 9.17) is 0 Å². The first-order chi connectivity index (χ1) is 8.82. The third kappa shape index (κ3) is 3.37. The molecule has 0 radical (unpaired) electrons. The Bertz CT molecular complexity index is 445. The minimum absolute atomic E-state index is 0.144. The Morgan fingerprint density at radius 2 is 1.74 bits per heavy atom. The molecule has 0 aromatic carbocycles. The van der Waals surface area contributed by atoms with E-state index in [9.17, 15) is 8.42 Å². The summed E-state index contributed by atoms with van der Waals surface area (Å²) in [5.41, 5.74) is 1.50. The predicted octanol–water partition coefficient (Wildman–Crippen LogP) is 0.815. The van der Waals surface area contributed by atoms with Gasteiger partial charge in [0, 0.05) is 39.3 Å². The van der Waals surface area contributed by atoms with Gasteiger partial charge in [-0.1, -0.05) is 32.4 Å². The van der Waals surface area contributed by atoms with Gasteiger partial charge in [0.2, 0.25) is 0 Å². The summed E-state index contributed by atoms with van der Waals surface area (Å²) < 4.78 is 28.2. The molecule has 1 N–H and O–H groups in total. The zero-order valence-corrected chi connectivity index (χ0v) is 13.0. The van der Waals surface area contributed by atoms with Crippen LogP contribution in [0.5, 0.6) is 0 Å². The minimum Gasteiger partial charge on any atom is -0.314 e.